The van der Waals surface area contributed by atoms with Crippen molar-refractivity contribution in [2.45, 2.75) is 25.7 Å². The Morgan fingerprint density at radius 1 is 1.03 bits per heavy atom. The number of hydrogen-bond acceptors (Lipinski definition) is 5. The maximum atomic E-state index is 12.6. The van der Waals surface area contributed by atoms with Gasteiger partial charge in [-0.15, -0.1) is 0 Å². The molecule has 0 radical (unpaired) electrons. The van der Waals surface area contributed by atoms with Crippen molar-refractivity contribution in [1.29, 1.82) is 5.26 Å². The molecule has 0 saturated heterocycles. The number of nitriles is 1. The number of carbonyl (C=O) groups excluding carboxylic acids is 1. The molecule has 1 N–H and O–H groups in total. The Labute approximate surface area is 208 Å². The summed E-state index contributed by atoms with van der Waals surface area (Å²) >= 11 is 12.5. The van der Waals surface area contributed by atoms with E-state index >= 15 is 0 Å². The maximum Gasteiger partial charge on any atom is 0.339 e. The van der Waals surface area contributed by atoms with Crippen LogP contribution in [0, 0.1) is 32.1 Å². The molecule has 0 spiro atoms. The zero-order valence-electron chi connectivity index (χ0n) is 18.5. The number of hydrogen-bond donors (Lipinski definition) is 1. The highest BCUT2D eigenvalue weighted by molar-refractivity contribution is 7.87. The fourth-order valence-electron chi connectivity index (χ4n) is 3.00. The second-order valence-electron chi connectivity index (χ2n) is 7.54. The number of amides is 1. The van der Waals surface area contributed by atoms with Crippen LogP contribution >= 0.6 is 23.2 Å². The minimum absolute atomic E-state index is 0.0518. The standard InChI is InChI=1S/C25H20Cl2N2O4S/c1-15-7-9-20(10-8-15)34(31,32)33-24-21(26)12-18(13-22(24)27)11-19(14-28)25(30)29-23-6-4-5-16(2)17(23)3/h4-13H,1-3H3,(H,29,30)/b19-11+. The molecule has 1 amide bonds. The first-order valence-corrected chi connectivity index (χ1v) is 12.2. The van der Waals surface area contributed by atoms with Crippen LogP contribution in [0.1, 0.15) is 22.3 Å². The highest BCUT2D eigenvalue weighted by atomic mass is 35.5. The zero-order valence-corrected chi connectivity index (χ0v) is 20.8. The van der Waals surface area contributed by atoms with Crippen molar-refractivity contribution in [3.63, 3.8) is 0 Å². The van der Waals surface area contributed by atoms with E-state index in [1.807, 2.05) is 32.9 Å². The molecule has 0 aromatic heterocycles. The van der Waals surface area contributed by atoms with Crippen LogP contribution in [-0.4, -0.2) is 14.3 Å². The summed E-state index contributed by atoms with van der Waals surface area (Å²) in [4.78, 5) is 12.6. The van der Waals surface area contributed by atoms with Crippen LogP contribution < -0.4 is 9.50 Å². The number of nitrogens with zero attached hydrogens (tertiary/aromatic N) is 1. The second kappa shape index (κ2) is 10.3. The summed E-state index contributed by atoms with van der Waals surface area (Å²) in [5, 5.41) is 12.0. The van der Waals surface area contributed by atoms with E-state index in [4.69, 9.17) is 27.4 Å². The van der Waals surface area contributed by atoms with Gasteiger partial charge in [0.1, 0.15) is 16.5 Å². The number of rotatable bonds is 6. The molecule has 34 heavy (non-hydrogen) atoms. The van der Waals surface area contributed by atoms with E-state index in [1.54, 1.807) is 24.3 Å². The normalized spacial score (nSPS) is 11.6. The topological polar surface area (TPSA) is 96.3 Å². The molecule has 3 aromatic carbocycles. The largest absolute Gasteiger partial charge is 0.376 e. The molecular weight excluding hydrogens is 495 g/mol. The van der Waals surface area contributed by atoms with Gasteiger partial charge in [-0.3, -0.25) is 4.79 Å². The van der Waals surface area contributed by atoms with E-state index in [0.717, 1.165) is 16.7 Å². The fraction of sp³-hybridized carbons (Fsp3) is 0.120. The van der Waals surface area contributed by atoms with Crippen molar-refractivity contribution >= 4 is 51.0 Å². The summed E-state index contributed by atoms with van der Waals surface area (Å²) < 4.78 is 30.4. The van der Waals surface area contributed by atoms with Gasteiger partial charge in [-0.25, -0.2) is 0 Å². The van der Waals surface area contributed by atoms with Gasteiger partial charge in [0.25, 0.3) is 5.91 Å². The molecule has 6 nitrogen and oxygen atoms in total. The minimum atomic E-state index is -4.17. The predicted octanol–water partition coefficient (Wildman–Crippen LogP) is 6.23. The number of aryl methyl sites for hydroxylation is 2. The Kier molecular flexibility index (Phi) is 7.68. The van der Waals surface area contributed by atoms with E-state index in [9.17, 15) is 18.5 Å². The van der Waals surface area contributed by atoms with Crippen LogP contribution in [0.5, 0.6) is 5.75 Å². The van der Waals surface area contributed by atoms with Crippen molar-refractivity contribution in [2.24, 2.45) is 0 Å². The molecule has 9 heteroatoms. The average molecular weight is 515 g/mol. The molecule has 0 aliphatic rings. The molecule has 3 rings (SSSR count). The fourth-order valence-corrected chi connectivity index (χ4v) is 4.63. The van der Waals surface area contributed by atoms with Crippen LogP contribution in [0.25, 0.3) is 6.08 Å². The molecule has 3 aromatic rings. The monoisotopic (exact) mass is 514 g/mol. The van der Waals surface area contributed by atoms with Gasteiger partial charge in [0.05, 0.1) is 10.0 Å². The quantitative estimate of drug-likeness (QED) is 0.239. The first kappa shape index (κ1) is 25.3. The first-order chi connectivity index (χ1) is 16.0. The molecule has 0 heterocycles. The molecule has 0 unspecified atom stereocenters. The van der Waals surface area contributed by atoms with Crippen LogP contribution in [0.2, 0.25) is 10.0 Å². The van der Waals surface area contributed by atoms with E-state index in [0.29, 0.717) is 11.3 Å². The van der Waals surface area contributed by atoms with Gasteiger partial charge >= 0.3 is 10.1 Å². The summed E-state index contributed by atoms with van der Waals surface area (Å²) in [7, 11) is -4.17. The van der Waals surface area contributed by atoms with Gasteiger partial charge in [-0.1, -0.05) is 53.0 Å². The highest BCUT2D eigenvalue weighted by Gasteiger charge is 2.21. The lowest BCUT2D eigenvalue weighted by Gasteiger charge is -2.12. The summed E-state index contributed by atoms with van der Waals surface area (Å²) in [6, 6.07) is 16.1. The number of benzene rings is 3. The molecule has 174 valence electrons. The van der Waals surface area contributed by atoms with Crippen molar-refractivity contribution in [3.8, 4) is 11.8 Å². The third kappa shape index (κ3) is 5.78. The summed E-state index contributed by atoms with van der Waals surface area (Å²) in [5.41, 5.74) is 3.50. The lowest BCUT2D eigenvalue weighted by Crippen LogP contribution is -2.14. The highest BCUT2D eigenvalue weighted by Crippen LogP contribution is 2.37. The lowest BCUT2D eigenvalue weighted by molar-refractivity contribution is -0.112. The first-order valence-electron chi connectivity index (χ1n) is 10.0. The van der Waals surface area contributed by atoms with Crippen LogP contribution in [0.15, 0.2) is 65.1 Å². The molecule has 0 atom stereocenters. The second-order valence-corrected chi connectivity index (χ2v) is 9.90. The number of carbonyl (C=O) groups is 1. The van der Waals surface area contributed by atoms with Gasteiger partial charge in [-0.05, 0) is 73.9 Å². The third-order valence-electron chi connectivity index (χ3n) is 5.05. The SMILES string of the molecule is Cc1ccc(S(=O)(=O)Oc2c(Cl)cc(/C=C(\C#N)C(=O)Nc3cccc(C)c3C)cc2Cl)cc1. The van der Waals surface area contributed by atoms with Crippen LogP contribution in [0.4, 0.5) is 5.69 Å². The van der Waals surface area contributed by atoms with Crippen molar-refractivity contribution in [2.75, 3.05) is 5.32 Å². The molecule has 0 bridgehead atoms. The molecule has 0 aliphatic heterocycles. The van der Waals surface area contributed by atoms with Gasteiger partial charge in [-0.2, -0.15) is 13.7 Å². The minimum Gasteiger partial charge on any atom is -0.376 e. The smallest absolute Gasteiger partial charge is 0.339 e. The predicted molar refractivity (Wildman–Crippen MR) is 134 cm³/mol. The summed E-state index contributed by atoms with van der Waals surface area (Å²) in [6.45, 7) is 5.61. The number of nitrogens with one attached hydrogen (secondary N) is 1. The zero-order chi connectivity index (χ0) is 25.0. The summed E-state index contributed by atoms with van der Waals surface area (Å²) in [5.74, 6) is -0.856. The van der Waals surface area contributed by atoms with Crippen LogP contribution in [0.3, 0.4) is 0 Å². The van der Waals surface area contributed by atoms with Crippen molar-refractivity contribution in [1.82, 2.24) is 0 Å². The molecular formula is C25H20Cl2N2O4S. The Morgan fingerprint density at radius 3 is 2.24 bits per heavy atom. The van der Waals surface area contributed by atoms with E-state index in [-0.39, 0.29) is 26.3 Å². The van der Waals surface area contributed by atoms with E-state index < -0.39 is 16.0 Å². The van der Waals surface area contributed by atoms with Gasteiger partial charge in [0.2, 0.25) is 0 Å². The Balaban J connectivity index is 1.88. The molecule has 0 saturated carbocycles. The van der Waals surface area contributed by atoms with Crippen molar-refractivity contribution < 1.29 is 17.4 Å². The van der Waals surface area contributed by atoms with Gasteiger partial charge < -0.3 is 9.50 Å². The van der Waals surface area contributed by atoms with Crippen molar-refractivity contribution in [3.05, 3.63) is 92.5 Å². The van der Waals surface area contributed by atoms with E-state index in [2.05, 4.69) is 5.32 Å². The van der Waals surface area contributed by atoms with Crippen LogP contribution in [-0.2, 0) is 14.9 Å². The number of halogens is 2. The van der Waals surface area contributed by atoms with E-state index in [1.165, 1.54) is 30.3 Å². The summed E-state index contributed by atoms with van der Waals surface area (Å²) in [6.07, 6.45) is 1.30. The maximum absolute atomic E-state index is 12.6. The number of anilines is 1. The third-order valence-corrected chi connectivity index (χ3v) is 6.85. The lowest BCUT2D eigenvalue weighted by atomic mass is 10.1. The Hall–Kier alpha value is -3.31. The average Bonchev–Trinajstić information content (AvgIpc) is 2.78. The van der Waals surface area contributed by atoms with Gasteiger partial charge in [0.15, 0.2) is 5.75 Å². The Bertz CT molecular complexity index is 1420. The molecule has 0 aliphatic carbocycles. The van der Waals surface area contributed by atoms with Gasteiger partial charge in [0, 0.05) is 5.69 Å². The Morgan fingerprint density at radius 2 is 1.65 bits per heavy atom. The molecule has 0 fully saturated rings.